The first-order valence-corrected chi connectivity index (χ1v) is 10.3. The van der Waals surface area contributed by atoms with Crippen molar-refractivity contribution in [2.75, 3.05) is 25.5 Å². The summed E-state index contributed by atoms with van der Waals surface area (Å²) in [6.07, 6.45) is 2.24. The number of hydrogen-bond acceptors (Lipinski definition) is 4. The number of rotatable bonds is 9. The van der Waals surface area contributed by atoms with E-state index in [1.54, 1.807) is 36.0 Å². The van der Waals surface area contributed by atoms with Crippen LogP contribution in [0.25, 0.3) is 0 Å². The minimum atomic E-state index is -0.186. The van der Waals surface area contributed by atoms with Gasteiger partial charge in [-0.25, -0.2) is 4.39 Å². The minimum Gasteiger partial charge on any atom is -0.491 e. The Morgan fingerprint density at radius 2 is 2.15 bits per heavy atom. The van der Waals surface area contributed by atoms with E-state index in [-0.39, 0.29) is 17.8 Å². The van der Waals surface area contributed by atoms with Crippen LogP contribution in [0.5, 0.6) is 5.75 Å². The van der Waals surface area contributed by atoms with Gasteiger partial charge >= 0.3 is 0 Å². The summed E-state index contributed by atoms with van der Waals surface area (Å²) in [5, 5.41) is 2.89. The fourth-order valence-electron chi connectivity index (χ4n) is 2.83. The lowest BCUT2D eigenvalue weighted by molar-refractivity contribution is 0.0679. The Labute approximate surface area is 163 Å². The first-order chi connectivity index (χ1) is 13.2. The van der Waals surface area contributed by atoms with Crippen LogP contribution >= 0.6 is 11.8 Å². The van der Waals surface area contributed by atoms with Gasteiger partial charge in [0.2, 0.25) is 0 Å². The maximum absolute atomic E-state index is 13.5. The molecule has 4 nitrogen and oxygen atoms in total. The van der Waals surface area contributed by atoms with Gasteiger partial charge in [-0.3, -0.25) is 4.79 Å². The van der Waals surface area contributed by atoms with Crippen LogP contribution in [0.1, 0.15) is 28.8 Å². The number of carbonyl (C=O) groups is 1. The molecule has 1 unspecified atom stereocenters. The number of thioether (sulfide) groups is 1. The summed E-state index contributed by atoms with van der Waals surface area (Å²) in [6.45, 7) is 1.84. The van der Waals surface area contributed by atoms with Crippen molar-refractivity contribution in [1.29, 1.82) is 0 Å². The highest BCUT2D eigenvalue weighted by Crippen LogP contribution is 2.18. The number of nitrogens with one attached hydrogen (secondary N) is 1. The Bertz CT molecular complexity index is 750. The second-order valence-corrected chi connectivity index (χ2v) is 7.48. The highest BCUT2D eigenvalue weighted by Gasteiger charge is 2.16. The Kier molecular flexibility index (Phi) is 7.54. The molecular formula is C21H24FNO3S. The van der Waals surface area contributed by atoms with Crippen molar-refractivity contribution in [3.63, 3.8) is 0 Å². The van der Waals surface area contributed by atoms with Crippen molar-refractivity contribution < 1.29 is 18.7 Å². The number of hydrogen-bond donors (Lipinski definition) is 1. The lowest BCUT2D eigenvalue weighted by Crippen LogP contribution is -2.25. The highest BCUT2D eigenvalue weighted by molar-refractivity contribution is 7.98. The number of ether oxygens (including phenoxy) is 2. The molecule has 6 heteroatoms. The van der Waals surface area contributed by atoms with E-state index in [0.29, 0.717) is 35.8 Å². The molecule has 0 aromatic heterocycles. The molecule has 0 radical (unpaired) electrons. The fraction of sp³-hybridized carbons (Fsp3) is 0.381. The first-order valence-electron chi connectivity index (χ1n) is 9.16. The van der Waals surface area contributed by atoms with Crippen LogP contribution in [0.3, 0.4) is 0 Å². The molecule has 1 atom stereocenters. The van der Waals surface area contributed by atoms with Crippen molar-refractivity contribution in [2.45, 2.75) is 24.7 Å². The number of halogens is 1. The van der Waals surface area contributed by atoms with Gasteiger partial charge < -0.3 is 14.8 Å². The summed E-state index contributed by atoms with van der Waals surface area (Å²) in [4.78, 5) is 12.3. The van der Waals surface area contributed by atoms with Crippen LogP contribution in [-0.2, 0) is 10.5 Å². The van der Waals surface area contributed by atoms with E-state index in [9.17, 15) is 9.18 Å². The van der Waals surface area contributed by atoms with Crippen LogP contribution < -0.4 is 10.1 Å². The topological polar surface area (TPSA) is 47.6 Å². The molecule has 144 valence electrons. The van der Waals surface area contributed by atoms with Crippen LogP contribution in [0.2, 0.25) is 0 Å². The normalized spacial score (nSPS) is 16.3. The van der Waals surface area contributed by atoms with Crippen LogP contribution in [0, 0.1) is 5.82 Å². The molecule has 1 heterocycles. The third-order valence-electron chi connectivity index (χ3n) is 4.30. The molecule has 2 aromatic rings. The van der Waals surface area contributed by atoms with Crippen molar-refractivity contribution >= 4 is 17.7 Å². The zero-order valence-corrected chi connectivity index (χ0v) is 16.0. The van der Waals surface area contributed by atoms with Crippen LogP contribution in [-0.4, -0.2) is 37.5 Å². The zero-order valence-electron chi connectivity index (χ0n) is 15.2. The molecule has 1 N–H and O–H groups in total. The summed E-state index contributed by atoms with van der Waals surface area (Å²) in [6, 6.07) is 13.9. The largest absolute Gasteiger partial charge is 0.491 e. The molecule has 0 saturated carbocycles. The van der Waals surface area contributed by atoms with Crippen LogP contribution in [0.4, 0.5) is 4.39 Å². The van der Waals surface area contributed by atoms with Gasteiger partial charge in [-0.15, -0.1) is 0 Å². The quantitative estimate of drug-likeness (QED) is 0.658. The summed E-state index contributed by atoms with van der Waals surface area (Å²) in [5.74, 6) is 1.66. The standard InChI is InChI=1S/C21H24FNO3S/c22-20-9-2-1-5-17(20)15-27-12-10-23-21(24)16-6-3-7-18(13-16)26-14-19-8-4-11-25-19/h1-3,5-7,9,13,19H,4,8,10-12,14-15H2,(H,23,24). The molecule has 0 bridgehead atoms. The third-order valence-corrected chi connectivity index (χ3v) is 5.31. The van der Waals surface area contributed by atoms with Gasteiger partial charge in [0, 0.05) is 30.2 Å². The predicted octanol–water partition coefficient (Wildman–Crippen LogP) is 4.05. The smallest absolute Gasteiger partial charge is 0.251 e. The molecule has 1 aliphatic rings. The summed E-state index contributed by atoms with van der Waals surface area (Å²) in [7, 11) is 0. The monoisotopic (exact) mass is 389 g/mol. The van der Waals surface area contributed by atoms with Gasteiger partial charge in [-0.2, -0.15) is 11.8 Å². The summed E-state index contributed by atoms with van der Waals surface area (Å²) in [5.41, 5.74) is 1.25. The van der Waals surface area contributed by atoms with E-state index >= 15 is 0 Å². The summed E-state index contributed by atoms with van der Waals surface area (Å²) >= 11 is 1.59. The molecule has 1 fully saturated rings. The van der Waals surface area contributed by atoms with Gasteiger partial charge in [0.1, 0.15) is 18.2 Å². The number of carbonyl (C=O) groups excluding carboxylic acids is 1. The molecule has 0 spiro atoms. The SMILES string of the molecule is O=C(NCCSCc1ccccc1F)c1cccc(OCC2CCCO2)c1. The van der Waals surface area contributed by atoms with Gasteiger partial charge in [0.15, 0.2) is 0 Å². The van der Waals surface area contributed by atoms with Crippen LogP contribution in [0.15, 0.2) is 48.5 Å². The second kappa shape index (κ2) is 10.3. The maximum Gasteiger partial charge on any atom is 0.251 e. The van der Waals surface area contributed by atoms with Gasteiger partial charge in [0.05, 0.1) is 6.10 Å². The minimum absolute atomic E-state index is 0.135. The molecule has 27 heavy (non-hydrogen) atoms. The van der Waals surface area contributed by atoms with Gasteiger partial charge in [-0.05, 0) is 42.7 Å². The summed E-state index contributed by atoms with van der Waals surface area (Å²) < 4.78 is 24.8. The predicted molar refractivity (Wildman–Crippen MR) is 106 cm³/mol. The van der Waals surface area contributed by atoms with E-state index in [2.05, 4.69) is 5.32 Å². The lowest BCUT2D eigenvalue weighted by atomic mass is 10.2. The van der Waals surface area contributed by atoms with E-state index in [1.165, 1.54) is 6.07 Å². The maximum atomic E-state index is 13.5. The average Bonchev–Trinajstić information content (AvgIpc) is 3.21. The number of amides is 1. The third kappa shape index (κ3) is 6.26. The van der Waals surface area contributed by atoms with Crippen molar-refractivity contribution in [3.8, 4) is 5.75 Å². The Balaban J connectivity index is 1.38. The number of benzene rings is 2. The Morgan fingerprint density at radius 1 is 1.26 bits per heavy atom. The molecule has 1 amide bonds. The average molecular weight is 389 g/mol. The van der Waals surface area contributed by atoms with E-state index in [0.717, 1.165) is 25.2 Å². The van der Waals surface area contributed by atoms with Gasteiger partial charge in [-0.1, -0.05) is 24.3 Å². The Morgan fingerprint density at radius 3 is 2.96 bits per heavy atom. The van der Waals surface area contributed by atoms with Crippen molar-refractivity contribution in [2.24, 2.45) is 0 Å². The van der Waals surface area contributed by atoms with Crippen molar-refractivity contribution in [1.82, 2.24) is 5.32 Å². The van der Waals surface area contributed by atoms with Gasteiger partial charge in [0.25, 0.3) is 5.91 Å². The first kappa shape index (κ1) is 19.7. The Hall–Kier alpha value is -2.05. The molecular weight excluding hydrogens is 365 g/mol. The molecule has 0 aliphatic carbocycles. The lowest BCUT2D eigenvalue weighted by Gasteiger charge is -2.12. The molecule has 1 saturated heterocycles. The van der Waals surface area contributed by atoms with E-state index < -0.39 is 0 Å². The molecule has 1 aliphatic heterocycles. The molecule has 2 aromatic carbocycles. The van der Waals surface area contributed by atoms with Crippen molar-refractivity contribution in [3.05, 3.63) is 65.5 Å². The fourth-order valence-corrected chi connectivity index (χ4v) is 3.67. The van der Waals surface area contributed by atoms with E-state index in [1.807, 2.05) is 18.2 Å². The molecule has 3 rings (SSSR count). The second-order valence-electron chi connectivity index (χ2n) is 6.37. The zero-order chi connectivity index (χ0) is 18.9. The van der Waals surface area contributed by atoms with E-state index in [4.69, 9.17) is 9.47 Å². The highest BCUT2D eigenvalue weighted by atomic mass is 32.2.